The first-order valence-electron chi connectivity index (χ1n) is 12.9. The first-order chi connectivity index (χ1) is 18.2. The van der Waals surface area contributed by atoms with Crippen LogP contribution in [0.5, 0.6) is 5.75 Å². The van der Waals surface area contributed by atoms with Gasteiger partial charge in [-0.3, -0.25) is 14.4 Å². The first kappa shape index (κ1) is 27.2. The molecule has 9 heteroatoms. The Balaban J connectivity index is 1.31. The fraction of sp³-hybridized carbons (Fsp3) is 0.414. The van der Waals surface area contributed by atoms with Crippen molar-refractivity contribution in [2.45, 2.75) is 46.1 Å². The Labute approximate surface area is 222 Å². The maximum atomic E-state index is 12.9. The number of fused-ring (bicyclic) bond motifs is 1. The highest BCUT2D eigenvalue weighted by Crippen LogP contribution is 2.26. The number of amides is 2. The van der Waals surface area contributed by atoms with E-state index in [1.54, 1.807) is 43.0 Å². The van der Waals surface area contributed by atoms with Crippen molar-refractivity contribution in [2.24, 2.45) is 5.41 Å². The van der Waals surface area contributed by atoms with E-state index in [4.69, 9.17) is 9.47 Å². The maximum Gasteiger partial charge on any atom is 0.309 e. The van der Waals surface area contributed by atoms with Gasteiger partial charge in [0.25, 0.3) is 5.91 Å². The summed E-state index contributed by atoms with van der Waals surface area (Å²) in [6.07, 6.45) is 1.23. The molecule has 2 aromatic carbocycles. The Morgan fingerprint density at radius 3 is 2.63 bits per heavy atom. The quantitative estimate of drug-likeness (QED) is 0.320. The number of ether oxygens (including phenoxy) is 2. The number of carboxylic acids is 1. The summed E-state index contributed by atoms with van der Waals surface area (Å²) in [6, 6.07) is 15.0. The topological polar surface area (TPSA) is 121 Å². The van der Waals surface area contributed by atoms with Crippen LogP contribution in [0.3, 0.4) is 0 Å². The number of anilines is 1. The van der Waals surface area contributed by atoms with E-state index in [-0.39, 0.29) is 24.3 Å². The standard InChI is InChI=1S/C29H35N3O6/c1-4-37-15-13-19-6-5-7-24-23(19)16-25(31-24)27(34)30-20-8-10-21(11-9-20)38-22-12-14-32(18-22)26(33)17-29(2,3)28(35)36/h5-11,16,22,31H,4,12-15,17-18H2,1-3H3,(H,30,34)(H,35,36)/t22-/m0/s1. The van der Waals surface area contributed by atoms with E-state index in [9.17, 15) is 19.5 Å². The zero-order valence-corrected chi connectivity index (χ0v) is 22.1. The largest absolute Gasteiger partial charge is 0.489 e. The highest BCUT2D eigenvalue weighted by molar-refractivity contribution is 6.06. The summed E-state index contributed by atoms with van der Waals surface area (Å²) in [5.41, 5.74) is 2.05. The molecule has 0 aliphatic carbocycles. The molecule has 1 aliphatic heterocycles. The molecule has 9 nitrogen and oxygen atoms in total. The average Bonchev–Trinajstić information content (AvgIpc) is 3.53. The van der Waals surface area contributed by atoms with E-state index in [0.717, 1.165) is 22.9 Å². The van der Waals surface area contributed by atoms with Gasteiger partial charge in [0.1, 0.15) is 17.5 Å². The summed E-state index contributed by atoms with van der Waals surface area (Å²) in [4.78, 5) is 41.6. The third kappa shape index (κ3) is 6.52. The first-order valence-corrected chi connectivity index (χ1v) is 12.9. The molecule has 202 valence electrons. The van der Waals surface area contributed by atoms with Crippen molar-refractivity contribution >= 4 is 34.4 Å². The molecule has 0 spiro atoms. The number of carbonyl (C=O) groups excluding carboxylic acids is 2. The summed E-state index contributed by atoms with van der Waals surface area (Å²) in [5, 5.41) is 13.2. The maximum absolute atomic E-state index is 12.9. The SMILES string of the molecule is CCOCCc1cccc2[nH]c(C(=O)Nc3ccc(O[C@H]4CCN(C(=O)CC(C)(C)C(=O)O)C4)cc3)cc12. The minimum atomic E-state index is -1.10. The van der Waals surface area contributed by atoms with Gasteiger partial charge in [0.15, 0.2) is 0 Å². The number of carbonyl (C=O) groups is 3. The van der Waals surface area contributed by atoms with Crippen LogP contribution in [0.1, 0.15) is 49.7 Å². The van der Waals surface area contributed by atoms with Gasteiger partial charge in [0.05, 0.1) is 18.6 Å². The van der Waals surface area contributed by atoms with Crippen LogP contribution in [-0.4, -0.2) is 65.2 Å². The number of nitrogens with zero attached hydrogens (tertiary/aromatic N) is 1. The highest BCUT2D eigenvalue weighted by Gasteiger charge is 2.35. The molecule has 2 amide bonds. The van der Waals surface area contributed by atoms with Gasteiger partial charge in [-0.1, -0.05) is 12.1 Å². The molecule has 3 aromatic rings. The van der Waals surface area contributed by atoms with Gasteiger partial charge < -0.3 is 29.8 Å². The lowest BCUT2D eigenvalue weighted by atomic mass is 9.89. The molecule has 4 rings (SSSR count). The Morgan fingerprint density at radius 2 is 1.92 bits per heavy atom. The van der Waals surface area contributed by atoms with Gasteiger partial charge in [-0.15, -0.1) is 0 Å². The zero-order valence-electron chi connectivity index (χ0n) is 22.1. The number of rotatable bonds is 11. The number of aromatic amines is 1. The van der Waals surface area contributed by atoms with Crippen LogP contribution in [0.4, 0.5) is 5.69 Å². The second-order valence-corrected chi connectivity index (χ2v) is 10.2. The number of H-pyrrole nitrogens is 1. The molecule has 38 heavy (non-hydrogen) atoms. The average molecular weight is 522 g/mol. The molecule has 0 bridgehead atoms. The lowest BCUT2D eigenvalue weighted by molar-refractivity contribution is -0.151. The van der Waals surface area contributed by atoms with E-state index in [1.807, 2.05) is 31.2 Å². The molecule has 1 aliphatic rings. The summed E-state index contributed by atoms with van der Waals surface area (Å²) in [6.45, 7) is 7.33. The van der Waals surface area contributed by atoms with Gasteiger partial charge >= 0.3 is 5.97 Å². The smallest absolute Gasteiger partial charge is 0.309 e. The second-order valence-electron chi connectivity index (χ2n) is 10.2. The van der Waals surface area contributed by atoms with Crippen LogP contribution in [0.25, 0.3) is 10.9 Å². The van der Waals surface area contributed by atoms with Crippen LogP contribution in [0, 0.1) is 5.41 Å². The third-order valence-corrected chi connectivity index (χ3v) is 6.80. The lowest BCUT2D eigenvalue weighted by Crippen LogP contribution is -2.36. The van der Waals surface area contributed by atoms with Crippen molar-refractivity contribution in [3.63, 3.8) is 0 Å². The summed E-state index contributed by atoms with van der Waals surface area (Å²) < 4.78 is 11.5. The van der Waals surface area contributed by atoms with E-state index in [2.05, 4.69) is 10.3 Å². The summed E-state index contributed by atoms with van der Waals surface area (Å²) >= 11 is 0. The van der Waals surface area contributed by atoms with Crippen molar-refractivity contribution in [3.8, 4) is 5.75 Å². The summed E-state index contributed by atoms with van der Waals surface area (Å²) in [5.74, 6) is -0.769. The minimum Gasteiger partial charge on any atom is -0.489 e. The van der Waals surface area contributed by atoms with Crippen molar-refractivity contribution in [1.82, 2.24) is 9.88 Å². The Morgan fingerprint density at radius 1 is 1.16 bits per heavy atom. The summed E-state index contributed by atoms with van der Waals surface area (Å²) in [7, 11) is 0. The van der Waals surface area contributed by atoms with Crippen LogP contribution < -0.4 is 10.1 Å². The predicted molar refractivity (Wildman–Crippen MR) is 145 cm³/mol. The number of hydrogen-bond donors (Lipinski definition) is 3. The molecular weight excluding hydrogens is 486 g/mol. The molecule has 3 N–H and O–H groups in total. The Kier molecular flexibility index (Phi) is 8.36. The Hall–Kier alpha value is -3.85. The number of aromatic nitrogens is 1. The van der Waals surface area contributed by atoms with Crippen molar-refractivity contribution < 1.29 is 29.0 Å². The van der Waals surface area contributed by atoms with E-state index in [1.165, 1.54) is 0 Å². The highest BCUT2D eigenvalue weighted by atomic mass is 16.5. The minimum absolute atomic E-state index is 0.0472. The zero-order chi connectivity index (χ0) is 27.3. The predicted octanol–water partition coefficient (Wildman–Crippen LogP) is 4.48. The normalized spacial score (nSPS) is 15.6. The third-order valence-electron chi connectivity index (χ3n) is 6.80. The fourth-order valence-electron chi connectivity index (χ4n) is 4.51. The number of benzene rings is 2. The van der Waals surface area contributed by atoms with E-state index >= 15 is 0 Å². The van der Waals surface area contributed by atoms with E-state index < -0.39 is 11.4 Å². The van der Waals surface area contributed by atoms with Crippen LogP contribution in [-0.2, 0) is 20.7 Å². The van der Waals surface area contributed by atoms with Gasteiger partial charge in [-0.05, 0) is 69.2 Å². The molecule has 0 saturated carbocycles. The fourth-order valence-corrected chi connectivity index (χ4v) is 4.51. The van der Waals surface area contributed by atoms with Gasteiger partial charge in [-0.2, -0.15) is 0 Å². The van der Waals surface area contributed by atoms with Crippen LogP contribution >= 0.6 is 0 Å². The van der Waals surface area contributed by atoms with Crippen molar-refractivity contribution in [1.29, 1.82) is 0 Å². The Bertz CT molecular complexity index is 1300. The van der Waals surface area contributed by atoms with Crippen molar-refractivity contribution in [3.05, 3.63) is 59.8 Å². The van der Waals surface area contributed by atoms with Gasteiger partial charge in [-0.25, -0.2) is 0 Å². The van der Waals surface area contributed by atoms with Gasteiger partial charge in [0, 0.05) is 42.6 Å². The molecule has 0 radical (unpaired) electrons. The van der Waals surface area contributed by atoms with Crippen LogP contribution in [0.15, 0.2) is 48.5 Å². The molecule has 1 aromatic heterocycles. The number of nitrogens with one attached hydrogen (secondary N) is 2. The van der Waals surface area contributed by atoms with Gasteiger partial charge in [0.2, 0.25) is 5.91 Å². The molecule has 0 unspecified atom stereocenters. The molecule has 1 fully saturated rings. The molecule has 1 atom stereocenters. The number of carboxylic acid groups (broad SMARTS) is 1. The van der Waals surface area contributed by atoms with E-state index in [0.29, 0.717) is 49.9 Å². The van der Waals surface area contributed by atoms with Crippen LogP contribution in [0.2, 0.25) is 0 Å². The number of hydrogen-bond acceptors (Lipinski definition) is 5. The van der Waals surface area contributed by atoms with Crippen molar-refractivity contribution in [2.75, 3.05) is 31.6 Å². The number of likely N-dealkylation sites (tertiary alicyclic amines) is 1. The number of aliphatic carboxylic acids is 1. The monoisotopic (exact) mass is 521 g/mol. The lowest BCUT2D eigenvalue weighted by Gasteiger charge is -2.23. The molecular formula is C29H35N3O6. The molecule has 1 saturated heterocycles. The molecule has 2 heterocycles. The second kappa shape index (κ2) is 11.7.